The minimum absolute atomic E-state index is 0.157. The van der Waals surface area contributed by atoms with Crippen molar-refractivity contribution in [2.24, 2.45) is 23.2 Å². The van der Waals surface area contributed by atoms with Gasteiger partial charge in [-0.15, -0.1) is 0 Å². The third kappa shape index (κ3) is 9.43. The number of rotatable bonds is 18. The van der Waals surface area contributed by atoms with Gasteiger partial charge in [-0.2, -0.15) is 0 Å². The highest BCUT2D eigenvalue weighted by Gasteiger charge is 2.38. The van der Waals surface area contributed by atoms with Crippen LogP contribution in [-0.4, -0.2) is 13.2 Å². The normalized spacial score (nSPS) is 22.2. The molecule has 0 saturated carbocycles. The van der Waals surface area contributed by atoms with Crippen LogP contribution in [-0.2, 0) is 9.47 Å². The Kier molecular flexibility index (Phi) is 14.6. The summed E-state index contributed by atoms with van der Waals surface area (Å²) >= 11 is 0. The van der Waals surface area contributed by atoms with E-state index in [-0.39, 0.29) is 5.41 Å². The van der Waals surface area contributed by atoms with Gasteiger partial charge in [0.25, 0.3) is 0 Å². The monoisotopic (exact) mass is 502 g/mol. The van der Waals surface area contributed by atoms with Gasteiger partial charge in [-0.25, -0.2) is 0 Å². The van der Waals surface area contributed by atoms with Gasteiger partial charge >= 0.3 is 0 Å². The molecule has 2 atom stereocenters. The van der Waals surface area contributed by atoms with Crippen LogP contribution in [0.4, 0.5) is 0 Å². The van der Waals surface area contributed by atoms with Crippen LogP contribution in [0.15, 0.2) is 22.7 Å². The van der Waals surface area contributed by atoms with E-state index in [2.05, 4.69) is 48.5 Å². The van der Waals surface area contributed by atoms with Crippen molar-refractivity contribution >= 4 is 0 Å². The van der Waals surface area contributed by atoms with Crippen molar-refractivity contribution in [3.8, 4) is 0 Å². The maximum Gasteiger partial charge on any atom is 0.160 e. The molecular weight excluding hydrogens is 440 g/mol. The second kappa shape index (κ2) is 16.8. The van der Waals surface area contributed by atoms with E-state index in [4.69, 9.17) is 9.47 Å². The third-order valence-electron chi connectivity index (χ3n) is 9.41. The maximum atomic E-state index is 6.82. The Balaban J connectivity index is 2.17. The molecule has 0 aromatic rings. The summed E-state index contributed by atoms with van der Waals surface area (Å²) in [7, 11) is 0. The molecule has 0 amide bonds. The van der Waals surface area contributed by atoms with E-state index in [0.717, 1.165) is 55.8 Å². The lowest BCUT2D eigenvalue weighted by atomic mass is 9.77. The minimum Gasteiger partial charge on any atom is -0.489 e. The van der Waals surface area contributed by atoms with Crippen LogP contribution >= 0.6 is 0 Å². The summed E-state index contributed by atoms with van der Waals surface area (Å²) < 4.78 is 13.6. The first kappa shape index (κ1) is 31.3. The number of hydrogen-bond donors (Lipinski definition) is 0. The molecule has 2 rings (SSSR count). The predicted molar refractivity (Wildman–Crippen MR) is 157 cm³/mol. The quantitative estimate of drug-likeness (QED) is 0.185. The first-order chi connectivity index (χ1) is 17.4. The van der Waals surface area contributed by atoms with Crippen molar-refractivity contribution < 1.29 is 9.47 Å². The van der Waals surface area contributed by atoms with Crippen LogP contribution in [0.3, 0.4) is 0 Å². The summed E-state index contributed by atoms with van der Waals surface area (Å²) in [5.41, 5.74) is 3.11. The van der Waals surface area contributed by atoms with Gasteiger partial charge in [0.05, 0.1) is 13.2 Å². The van der Waals surface area contributed by atoms with E-state index >= 15 is 0 Å². The molecule has 2 nitrogen and oxygen atoms in total. The molecule has 1 aliphatic heterocycles. The summed E-state index contributed by atoms with van der Waals surface area (Å²) in [6, 6.07) is 0. The van der Waals surface area contributed by atoms with E-state index in [0.29, 0.717) is 5.92 Å². The Morgan fingerprint density at radius 3 is 1.61 bits per heavy atom. The fourth-order valence-electron chi connectivity index (χ4n) is 6.56. The number of unbranched alkanes of at least 4 members (excludes halogenated alkanes) is 2. The zero-order valence-corrected chi connectivity index (χ0v) is 25.5. The van der Waals surface area contributed by atoms with Crippen LogP contribution < -0.4 is 0 Å². The lowest BCUT2D eigenvalue weighted by molar-refractivity contribution is 0.0430. The number of ether oxygens (including phenoxy) is 2. The molecule has 0 N–H and O–H groups in total. The molecule has 0 aromatic heterocycles. The highest BCUT2D eigenvalue weighted by atomic mass is 16.5. The zero-order chi connectivity index (χ0) is 26.4. The summed E-state index contributed by atoms with van der Waals surface area (Å²) in [5.74, 6) is 4.55. The SMILES string of the molecule is CCCCC(CC)CCCC1(CCCC(CC)CCCC)COC2=C(CC)CCC(C(C)C)=C2OC1. The molecule has 0 radical (unpaired) electrons. The number of fused-ring (bicyclic) bond motifs is 1. The fourth-order valence-corrected chi connectivity index (χ4v) is 6.56. The molecule has 0 aromatic carbocycles. The molecule has 2 unspecified atom stereocenters. The standard InChI is InChI=1S/C34H62O2/c1-8-13-17-28(10-3)19-15-23-34(24-16-20-29(11-4)18-14-9-2)25-35-32-30(12-5)21-22-31(27(6)7)33(32)36-26-34/h27-29H,8-26H2,1-7H3. The van der Waals surface area contributed by atoms with Gasteiger partial charge in [0.2, 0.25) is 0 Å². The van der Waals surface area contributed by atoms with Gasteiger partial charge in [0.1, 0.15) is 0 Å². The van der Waals surface area contributed by atoms with Gasteiger partial charge in [0, 0.05) is 5.41 Å². The topological polar surface area (TPSA) is 18.5 Å². The second-order valence-electron chi connectivity index (χ2n) is 12.5. The largest absolute Gasteiger partial charge is 0.489 e. The molecule has 1 aliphatic carbocycles. The van der Waals surface area contributed by atoms with E-state index in [1.807, 2.05) is 0 Å². The van der Waals surface area contributed by atoms with Crippen LogP contribution in [0.1, 0.15) is 158 Å². The van der Waals surface area contributed by atoms with Crippen LogP contribution in [0.25, 0.3) is 0 Å². The zero-order valence-electron chi connectivity index (χ0n) is 25.5. The predicted octanol–water partition coefficient (Wildman–Crippen LogP) is 11.2. The third-order valence-corrected chi connectivity index (χ3v) is 9.41. The second-order valence-corrected chi connectivity index (χ2v) is 12.5. The van der Waals surface area contributed by atoms with Crippen molar-refractivity contribution in [1.82, 2.24) is 0 Å². The van der Waals surface area contributed by atoms with E-state index in [9.17, 15) is 0 Å². The van der Waals surface area contributed by atoms with Crippen molar-refractivity contribution in [2.75, 3.05) is 13.2 Å². The summed E-state index contributed by atoms with van der Waals surface area (Å²) in [4.78, 5) is 0. The first-order valence-corrected chi connectivity index (χ1v) is 16.1. The van der Waals surface area contributed by atoms with Gasteiger partial charge in [0.15, 0.2) is 11.5 Å². The van der Waals surface area contributed by atoms with Crippen molar-refractivity contribution in [1.29, 1.82) is 0 Å². The summed E-state index contributed by atoms with van der Waals surface area (Å²) in [6.45, 7) is 18.0. The van der Waals surface area contributed by atoms with Crippen LogP contribution in [0.5, 0.6) is 0 Å². The average Bonchev–Trinajstić information content (AvgIpc) is 3.08. The van der Waals surface area contributed by atoms with Crippen molar-refractivity contribution in [2.45, 2.75) is 158 Å². The van der Waals surface area contributed by atoms with E-state index < -0.39 is 0 Å². The molecule has 0 spiro atoms. The van der Waals surface area contributed by atoms with Crippen molar-refractivity contribution in [3.63, 3.8) is 0 Å². The maximum absolute atomic E-state index is 6.82. The van der Waals surface area contributed by atoms with Crippen LogP contribution in [0, 0.1) is 23.2 Å². The molecule has 2 aliphatic rings. The highest BCUT2D eigenvalue weighted by molar-refractivity contribution is 5.36. The molecule has 36 heavy (non-hydrogen) atoms. The Hall–Kier alpha value is -0.920. The molecule has 1 fully saturated rings. The van der Waals surface area contributed by atoms with Crippen molar-refractivity contribution in [3.05, 3.63) is 22.7 Å². The molecule has 1 heterocycles. The molecule has 210 valence electrons. The van der Waals surface area contributed by atoms with Gasteiger partial charge in [-0.1, -0.05) is 126 Å². The van der Waals surface area contributed by atoms with Gasteiger partial charge < -0.3 is 9.47 Å². The minimum atomic E-state index is 0.157. The van der Waals surface area contributed by atoms with Crippen LogP contribution in [0.2, 0.25) is 0 Å². The lowest BCUT2D eigenvalue weighted by Crippen LogP contribution is -2.31. The molecule has 1 saturated heterocycles. The summed E-state index contributed by atoms with van der Waals surface area (Å²) in [5, 5.41) is 0. The molecule has 0 bridgehead atoms. The Labute approximate surface area is 226 Å². The van der Waals surface area contributed by atoms with E-state index in [1.54, 1.807) is 0 Å². The Bertz CT molecular complexity index is 649. The van der Waals surface area contributed by atoms with Gasteiger partial charge in [-0.3, -0.25) is 0 Å². The Morgan fingerprint density at radius 2 is 1.17 bits per heavy atom. The van der Waals surface area contributed by atoms with Gasteiger partial charge in [-0.05, 0) is 61.0 Å². The first-order valence-electron chi connectivity index (χ1n) is 16.1. The highest BCUT2D eigenvalue weighted by Crippen LogP contribution is 2.44. The molecule has 2 heteroatoms. The smallest absolute Gasteiger partial charge is 0.160 e. The Morgan fingerprint density at radius 1 is 0.667 bits per heavy atom. The number of allylic oxidation sites excluding steroid dienone is 2. The van der Waals surface area contributed by atoms with E-state index in [1.165, 1.54) is 101 Å². The average molecular weight is 503 g/mol. The summed E-state index contributed by atoms with van der Waals surface area (Å²) in [6.07, 6.45) is 22.1. The fraction of sp³-hybridized carbons (Fsp3) is 0.882. The lowest BCUT2D eigenvalue weighted by Gasteiger charge is -2.32. The molecular formula is C34H62O2. The number of hydrogen-bond acceptors (Lipinski definition) is 2.